The van der Waals surface area contributed by atoms with Crippen molar-refractivity contribution in [3.8, 4) is 0 Å². The minimum absolute atomic E-state index is 0.128. The first-order chi connectivity index (χ1) is 6.96. The zero-order chi connectivity index (χ0) is 11.9. The second kappa shape index (κ2) is 6.76. The highest BCUT2D eigenvalue weighted by atomic mass is 16.6. The van der Waals surface area contributed by atoms with Gasteiger partial charge in [-0.25, -0.2) is 4.79 Å². The Hall–Kier alpha value is -0.650. The van der Waals surface area contributed by atoms with Crippen LogP contribution in [0.1, 0.15) is 20.3 Å². The smallest absolute Gasteiger partial charge is 0.336 e. The monoisotopic (exact) mass is 219 g/mol. The fourth-order valence-corrected chi connectivity index (χ4v) is 0.881. The lowest BCUT2D eigenvalue weighted by Crippen LogP contribution is -2.34. The Morgan fingerprint density at radius 2 is 2.00 bits per heavy atom. The Balaban J connectivity index is 3.81. The molecule has 90 valence electrons. The molecule has 0 rings (SSSR count). The van der Waals surface area contributed by atoms with Crippen LogP contribution in [0.3, 0.4) is 0 Å². The molecule has 1 unspecified atom stereocenters. The van der Waals surface area contributed by atoms with Crippen LogP contribution in [0.15, 0.2) is 0 Å². The van der Waals surface area contributed by atoms with Crippen molar-refractivity contribution in [2.75, 3.05) is 27.4 Å². The van der Waals surface area contributed by atoms with Gasteiger partial charge in [0.25, 0.3) is 0 Å². The number of methoxy groups -OCH3 is 2. The van der Waals surface area contributed by atoms with Crippen molar-refractivity contribution in [3.05, 3.63) is 0 Å². The summed E-state index contributed by atoms with van der Waals surface area (Å²) in [5, 5.41) is 0. The molecular formula is C10H21NO4. The molecule has 0 saturated heterocycles. The fourth-order valence-electron chi connectivity index (χ4n) is 0.881. The van der Waals surface area contributed by atoms with E-state index in [1.165, 1.54) is 7.11 Å². The molecule has 0 amide bonds. The first kappa shape index (κ1) is 14.3. The molecule has 2 N–H and O–H groups in total. The van der Waals surface area contributed by atoms with Crippen LogP contribution in [-0.2, 0) is 19.0 Å². The van der Waals surface area contributed by atoms with E-state index in [-0.39, 0.29) is 12.1 Å². The Labute approximate surface area is 90.9 Å². The van der Waals surface area contributed by atoms with Crippen molar-refractivity contribution < 1.29 is 19.0 Å². The van der Waals surface area contributed by atoms with Crippen molar-refractivity contribution in [1.29, 1.82) is 0 Å². The van der Waals surface area contributed by atoms with Crippen LogP contribution < -0.4 is 5.73 Å². The van der Waals surface area contributed by atoms with Crippen molar-refractivity contribution in [2.45, 2.75) is 32.0 Å². The van der Waals surface area contributed by atoms with Crippen molar-refractivity contribution in [3.63, 3.8) is 0 Å². The topological polar surface area (TPSA) is 70.8 Å². The molecule has 0 heterocycles. The minimum atomic E-state index is -0.671. The van der Waals surface area contributed by atoms with Gasteiger partial charge in [-0.1, -0.05) is 0 Å². The van der Waals surface area contributed by atoms with Gasteiger partial charge in [-0.2, -0.15) is 0 Å². The summed E-state index contributed by atoms with van der Waals surface area (Å²) in [6.45, 7) is 4.29. The van der Waals surface area contributed by atoms with Gasteiger partial charge in [0, 0.05) is 27.2 Å². The summed E-state index contributed by atoms with van der Waals surface area (Å²) < 4.78 is 15.0. The summed E-state index contributed by atoms with van der Waals surface area (Å²) in [6.07, 6.45) is -0.0355. The first-order valence-corrected chi connectivity index (χ1v) is 4.91. The average Bonchev–Trinajstić information content (AvgIpc) is 2.19. The zero-order valence-electron chi connectivity index (χ0n) is 9.91. The second-order valence-electron chi connectivity index (χ2n) is 3.84. The molecule has 0 aliphatic heterocycles. The summed E-state index contributed by atoms with van der Waals surface area (Å²) in [7, 11) is 3.05. The van der Waals surface area contributed by atoms with E-state index in [1.54, 1.807) is 7.11 Å². The van der Waals surface area contributed by atoms with E-state index in [9.17, 15) is 4.79 Å². The highest BCUT2D eigenvalue weighted by Crippen LogP contribution is 2.12. The fraction of sp³-hybridized carbons (Fsp3) is 0.900. The van der Waals surface area contributed by atoms with Gasteiger partial charge < -0.3 is 19.9 Å². The highest BCUT2D eigenvalue weighted by molar-refractivity contribution is 5.74. The molecule has 0 aromatic carbocycles. The predicted molar refractivity (Wildman–Crippen MR) is 56.5 cm³/mol. The van der Waals surface area contributed by atoms with E-state index in [1.807, 2.05) is 13.8 Å². The van der Waals surface area contributed by atoms with E-state index < -0.39 is 12.1 Å². The Bertz CT molecular complexity index is 190. The zero-order valence-corrected chi connectivity index (χ0v) is 9.91. The average molecular weight is 219 g/mol. The second-order valence-corrected chi connectivity index (χ2v) is 3.84. The maximum absolute atomic E-state index is 11.3. The number of nitrogens with two attached hydrogens (primary N) is 1. The molecule has 1 atom stereocenters. The van der Waals surface area contributed by atoms with E-state index in [2.05, 4.69) is 0 Å². The summed E-state index contributed by atoms with van der Waals surface area (Å²) in [4.78, 5) is 11.3. The molecule has 5 heteroatoms. The van der Waals surface area contributed by atoms with E-state index in [4.69, 9.17) is 19.9 Å². The quantitative estimate of drug-likeness (QED) is 0.624. The van der Waals surface area contributed by atoms with Crippen molar-refractivity contribution >= 4 is 5.97 Å². The number of hydrogen-bond acceptors (Lipinski definition) is 5. The maximum Gasteiger partial charge on any atom is 0.336 e. The molecule has 0 aliphatic carbocycles. The Morgan fingerprint density at radius 1 is 1.40 bits per heavy atom. The molecule has 0 radical (unpaired) electrons. The minimum Gasteiger partial charge on any atom is -0.464 e. The lowest BCUT2D eigenvalue weighted by molar-refractivity contribution is -0.156. The molecule has 0 bridgehead atoms. The van der Waals surface area contributed by atoms with Crippen LogP contribution in [0.2, 0.25) is 0 Å². The first-order valence-electron chi connectivity index (χ1n) is 4.91. The predicted octanol–water partition coefficient (Wildman–Crippen LogP) is 0.318. The molecule has 0 aromatic rings. The number of hydrogen-bond donors (Lipinski definition) is 1. The number of rotatable bonds is 7. The number of carbonyl (C=O) groups is 1. The maximum atomic E-state index is 11.3. The van der Waals surface area contributed by atoms with Crippen LogP contribution in [-0.4, -0.2) is 45.0 Å². The third-order valence-electron chi connectivity index (χ3n) is 2.26. The van der Waals surface area contributed by atoms with Gasteiger partial charge >= 0.3 is 5.97 Å². The largest absolute Gasteiger partial charge is 0.464 e. The summed E-state index contributed by atoms with van der Waals surface area (Å²) in [5.41, 5.74) is 5.03. The summed E-state index contributed by atoms with van der Waals surface area (Å²) in [6, 6.07) is 0. The van der Waals surface area contributed by atoms with E-state index >= 15 is 0 Å². The molecule has 0 saturated carbocycles. The SMILES string of the molecule is COC(CN)C(=O)OCCC(C)(C)OC. The third-order valence-corrected chi connectivity index (χ3v) is 2.26. The van der Waals surface area contributed by atoms with Crippen LogP contribution in [0, 0.1) is 0 Å². The number of ether oxygens (including phenoxy) is 3. The highest BCUT2D eigenvalue weighted by Gasteiger charge is 2.20. The van der Waals surface area contributed by atoms with Crippen molar-refractivity contribution in [2.24, 2.45) is 5.73 Å². The standard InChI is InChI=1S/C10H21NO4/c1-10(2,14-4)5-6-15-9(12)8(7-11)13-3/h8H,5-7,11H2,1-4H3. The Morgan fingerprint density at radius 3 is 2.40 bits per heavy atom. The van der Waals surface area contributed by atoms with Crippen molar-refractivity contribution in [1.82, 2.24) is 0 Å². The number of esters is 1. The summed E-state index contributed by atoms with van der Waals surface area (Å²) >= 11 is 0. The molecule has 0 spiro atoms. The lowest BCUT2D eigenvalue weighted by Gasteiger charge is -2.22. The Kier molecular flexibility index (Phi) is 6.47. The molecule has 0 fully saturated rings. The van der Waals surface area contributed by atoms with Gasteiger partial charge in [0.05, 0.1) is 12.2 Å². The van der Waals surface area contributed by atoms with E-state index in [0.717, 1.165) is 0 Å². The molecular weight excluding hydrogens is 198 g/mol. The number of carbonyl (C=O) groups excluding carboxylic acids is 1. The van der Waals surface area contributed by atoms with Crippen LogP contribution in [0.4, 0.5) is 0 Å². The molecule has 5 nitrogen and oxygen atoms in total. The van der Waals surface area contributed by atoms with Crippen LogP contribution in [0.5, 0.6) is 0 Å². The van der Waals surface area contributed by atoms with Gasteiger partial charge in [0.2, 0.25) is 0 Å². The van der Waals surface area contributed by atoms with Crippen LogP contribution in [0.25, 0.3) is 0 Å². The molecule has 15 heavy (non-hydrogen) atoms. The van der Waals surface area contributed by atoms with Crippen LogP contribution >= 0.6 is 0 Å². The summed E-state index contributed by atoms with van der Waals surface area (Å²) in [5.74, 6) is -0.424. The van der Waals surface area contributed by atoms with E-state index in [0.29, 0.717) is 13.0 Å². The van der Waals surface area contributed by atoms with Gasteiger partial charge in [0.15, 0.2) is 6.10 Å². The normalized spacial score (nSPS) is 13.7. The van der Waals surface area contributed by atoms with Gasteiger partial charge in [-0.15, -0.1) is 0 Å². The van der Waals surface area contributed by atoms with Gasteiger partial charge in [0.1, 0.15) is 0 Å². The van der Waals surface area contributed by atoms with Gasteiger partial charge in [-0.3, -0.25) is 0 Å². The third kappa shape index (κ3) is 5.71. The molecule has 0 aliphatic rings. The lowest BCUT2D eigenvalue weighted by atomic mass is 10.1. The van der Waals surface area contributed by atoms with Gasteiger partial charge in [-0.05, 0) is 13.8 Å². The molecule has 0 aromatic heterocycles.